The number of anilines is 3. The lowest BCUT2D eigenvalue weighted by Crippen LogP contribution is -2.44. The van der Waals surface area contributed by atoms with Crippen LogP contribution in [-0.4, -0.2) is 64.6 Å². The molecular formula is C34H40ClN7O2. The highest BCUT2D eigenvalue weighted by Crippen LogP contribution is 2.35. The van der Waals surface area contributed by atoms with Gasteiger partial charge in [-0.2, -0.15) is 4.98 Å². The predicted molar refractivity (Wildman–Crippen MR) is 178 cm³/mol. The van der Waals surface area contributed by atoms with Crippen molar-refractivity contribution in [3.63, 3.8) is 0 Å². The SMILES string of the molecule is CCC(=O)NC1CCC(n2c(=O)c(-c3ccccc3Cl)c(C)c3cnc(Nc4ccc(N5CCN(C)CC5)cc4)nc32)CC1. The summed E-state index contributed by atoms with van der Waals surface area (Å²) in [6, 6.07) is 15.9. The zero-order chi connectivity index (χ0) is 30.8. The van der Waals surface area contributed by atoms with E-state index in [-0.39, 0.29) is 23.6 Å². The number of nitrogens with zero attached hydrogens (tertiary/aromatic N) is 5. The summed E-state index contributed by atoms with van der Waals surface area (Å²) < 4.78 is 1.85. The van der Waals surface area contributed by atoms with Gasteiger partial charge in [0.05, 0.1) is 5.56 Å². The quantitative estimate of drug-likeness (QED) is 0.267. The summed E-state index contributed by atoms with van der Waals surface area (Å²) in [6.45, 7) is 7.94. The van der Waals surface area contributed by atoms with Crippen molar-refractivity contribution < 1.29 is 4.79 Å². The van der Waals surface area contributed by atoms with Crippen LogP contribution in [0.3, 0.4) is 0 Å². The molecule has 2 N–H and O–H groups in total. The molecule has 0 unspecified atom stereocenters. The zero-order valence-corrected chi connectivity index (χ0v) is 26.4. The molecular weight excluding hydrogens is 574 g/mol. The monoisotopic (exact) mass is 613 g/mol. The summed E-state index contributed by atoms with van der Waals surface area (Å²) in [5.74, 6) is 0.499. The minimum Gasteiger partial charge on any atom is -0.369 e. The fourth-order valence-corrected chi connectivity index (χ4v) is 6.70. The maximum Gasteiger partial charge on any atom is 0.260 e. The first-order chi connectivity index (χ1) is 21.3. The highest BCUT2D eigenvalue weighted by atomic mass is 35.5. The Hall–Kier alpha value is -3.95. The number of hydrogen-bond acceptors (Lipinski definition) is 7. The van der Waals surface area contributed by atoms with Crippen LogP contribution in [0, 0.1) is 6.92 Å². The van der Waals surface area contributed by atoms with Crippen LogP contribution in [-0.2, 0) is 4.79 Å². The molecule has 1 aliphatic heterocycles. The third kappa shape index (κ3) is 6.16. The van der Waals surface area contributed by atoms with Crippen molar-refractivity contribution in [2.24, 2.45) is 0 Å². The molecule has 1 saturated heterocycles. The number of fused-ring (bicyclic) bond motifs is 1. The number of nitrogens with one attached hydrogen (secondary N) is 2. The molecule has 1 aliphatic carbocycles. The van der Waals surface area contributed by atoms with Gasteiger partial charge in [0.15, 0.2) is 0 Å². The maximum absolute atomic E-state index is 14.4. The molecule has 2 fully saturated rings. The Bertz CT molecular complexity index is 1710. The largest absolute Gasteiger partial charge is 0.369 e. The van der Waals surface area contributed by atoms with E-state index in [0.717, 1.165) is 68.5 Å². The highest BCUT2D eigenvalue weighted by molar-refractivity contribution is 6.33. The molecule has 44 heavy (non-hydrogen) atoms. The molecule has 2 aromatic carbocycles. The van der Waals surface area contributed by atoms with E-state index in [4.69, 9.17) is 16.6 Å². The van der Waals surface area contributed by atoms with E-state index in [1.807, 2.05) is 61.0 Å². The Labute approximate surface area is 263 Å². The highest BCUT2D eigenvalue weighted by Gasteiger charge is 2.28. The summed E-state index contributed by atoms with van der Waals surface area (Å²) in [4.78, 5) is 40.8. The molecule has 1 saturated carbocycles. The van der Waals surface area contributed by atoms with Crippen LogP contribution in [0.15, 0.2) is 59.5 Å². The number of aromatic nitrogens is 3. The van der Waals surface area contributed by atoms with Crippen molar-refractivity contribution in [1.82, 2.24) is 24.8 Å². The Morgan fingerprint density at radius 1 is 1.00 bits per heavy atom. The normalized spacial score (nSPS) is 19.2. The average Bonchev–Trinajstić information content (AvgIpc) is 3.03. The van der Waals surface area contributed by atoms with Crippen molar-refractivity contribution in [3.8, 4) is 11.1 Å². The number of aryl methyl sites for hydroxylation is 1. The Morgan fingerprint density at radius 2 is 1.70 bits per heavy atom. The van der Waals surface area contributed by atoms with Gasteiger partial charge in [0.1, 0.15) is 5.65 Å². The standard InChI is InChI=1S/C34H40ClN7O2/c1-4-30(43)37-23-11-15-26(16-12-23)42-32-28(22(2)31(33(42)44)27-7-5-6-8-29(27)35)21-36-34(39-32)38-24-9-13-25(14-10-24)41-19-17-40(3)18-20-41/h5-10,13-14,21,23,26H,4,11-12,15-20H2,1-3H3,(H,37,43)(H,36,38,39). The van der Waals surface area contributed by atoms with E-state index < -0.39 is 0 Å². The summed E-state index contributed by atoms with van der Waals surface area (Å²) in [5, 5.41) is 7.83. The first-order valence-corrected chi connectivity index (χ1v) is 16.0. The van der Waals surface area contributed by atoms with E-state index in [2.05, 4.69) is 44.6 Å². The van der Waals surface area contributed by atoms with Crippen LogP contribution in [0.5, 0.6) is 0 Å². The van der Waals surface area contributed by atoms with Crippen LogP contribution in [0.2, 0.25) is 5.02 Å². The number of carbonyl (C=O) groups is 1. The molecule has 4 aromatic rings. The van der Waals surface area contributed by atoms with E-state index >= 15 is 0 Å². The molecule has 2 aliphatic rings. The van der Waals surface area contributed by atoms with Crippen molar-refractivity contribution in [2.45, 2.75) is 58.0 Å². The molecule has 230 valence electrons. The predicted octanol–water partition coefficient (Wildman–Crippen LogP) is 5.93. The Kier molecular flexibility index (Phi) is 8.86. The first kappa shape index (κ1) is 30.1. The molecule has 6 rings (SSSR count). The van der Waals surface area contributed by atoms with E-state index in [1.54, 1.807) is 0 Å². The lowest BCUT2D eigenvalue weighted by atomic mass is 9.90. The third-order valence-electron chi connectivity index (χ3n) is 9.09. The number of carbonyl (C=O) groups excluding carboxylic acids is 1. The molecule has 0 atom stereocenters. The second-order valence-corrected chi connectivity index (χ2v) is 12.4. The van der Waals surface area contributed by atoms with Crippen molar-refractivity contribution in [3.05, 3.63) is 75.7 Å². The topological polar surface area (TPSA) is 95.4 Å². The van der Waals surface area contributed by atoms with Gasteiger partial charge < -0.3 is 20.4 Å². The number of amides is 1. The van der Waals surface area contributed by atoms with Gasteiger partial charge in [-0.15, -0.1) is 0 Å². The second-order valence-electron chi connectivity index (χ2n) is 12.0. The molecule has 3 heterocycles. The van der Waals surface area contributed by atoms with Crippen molar-refractivity contribution in [2.75, 3.05) is 43.4 Å². The fraction of sp³-hybridized carbons (Fsp3) is 0.412. The van der Waals surface area contributed by atoms with Gasteiger partial charge in [-0.25, -0.2) is 4.98 Å². The number of likely N-dealkylation sites (N-methyl/N-ethyl adjacent to an activating group) is 1. The van der Waals surface area contributed by atoms with Gasteiger partial charge in [-0.05, 0) is 75.5 Å². The Morgan fingerprint density at radius 3 is 2.39 bits per heavy atom. The molecule has 0 radical (unpaired) electrons. The van der Waals surface area contributed by atoms with E-state index in [9.17, 15) is 9.59 Å². The molecule has 9 nitrogen and oxygen atoms in total. The summed E-state index contributed by atoms with van der Waals surface area (Å²) >= 11 is 6.62. The average molecular weight is 614 g/mol. The fourth-order valence-electron chi connectivity index (χ4n) is 6.47. The molecule has 2 aromatic heterocycles. The van der Waals surface area contributed by atoms with Crippen molar-refractivity contribution in [1.29, 1.82) is 0 Å². The van der Waals surface area contributed by atoms with Crippen LogP contribution in [0.4, 0.5) is 17.3 Å². The number of benzene rings is 2. The van der Waals surface area contributed by atoms with Gasteiger partial charge in [0.2, 0.25) is 11.9 Å². The van der Waals surface area contributed by atoms with Crippen LogP contribution < -0.4 is 21.1 Å². The minimum atomic E-state index is -0.106. The van der Waals surface area contributed by atoms with Gasteiger partial charge in [0.25, 0.3) is 5.56 Å². The van der Waals surface area contributed by atoms with Crippen LogP contribution >= 0.6 is 11.6 Å². The van der Waals surface area contributed by atoms with Gasteiger partial charge in [-0.3, -0.25) is 14.2 Å². The number of rotatable bonds is 7. The smallest absolute Gasteiger partial charge is 0.260 e. The number of pyridine rings is 1. The van der Waals surface area contributed by atoms with Crippen LogP contribution in [0.25, 0.3) is 22.2 Å². The second kappa shape index (κ2) is 13.0. The van der Waals surface area contributed by atoms with Gasteiger partial charge in [0, 0.05) is 78.2 Å². The first-order valence-electron chi connectivity index (χ1n) is 15.6. The zero-order valence-electron chi connectivity index (χ0n) is 25.6. The van der Waals surface area contributed by atoms with E-state index in [0.29, 0.717) is 34.2 Å². The number of halogens is 1. The minimum absolute atomic E-state index is 0.0624. The Balaban J connectivity index is 1.35. The molecule has 1 amide bonds. The summed E-state index contributed by atoms with van der Waals surface area (Å²) in [6.07, 6.45) is 5.39. The molecule has 10 heteroatoms. The number of piperazine rings is 1. The lowest BCUT2D eigenvalue weighted by Gasteiger charge is -2.34. The number of hydrogen-bond donors (Lipinski definition) is 2. The third-order valence-corrected chi connectivity index (χ3v) is 9.42. The molecule has 0 bridgehead atoms. The van der Waals surface area contributed by atoms with Crippen molar-refractivity contribution >= 4 is 45.9 Å². The van der Waals surface area contributed by atoms with Gasteiger partial charge >= 0.3 is 0 Å². The van der Waals surface area contributed by atoms with E-state index in [1.165, 1.54) is 5.69 Å². The van der Waals surface area contributed by atoms with Crippen LogP contribution in [0.1, 0.15) is 50.6 Å². The summed E-state index contributed by atoms with van der Waals surface area (Å²) in [7, 11) is 2.16. The van der Waals surface area contributed by atoms with Gasteiger partial charge in [-0.1, -0.05) is 36.7 Å². The molecule has 0 spiro atoms. The summed E-state index contributed by atoms with van der Waals surface area (Å²) in [5.41, 5.74) is 4.67. The maximum atomic E-state index is 14.4. The lowest BCUT2D eigenvalue weighted by molar-refractivity contribution is -0.121.